The molecule has 0 aromatic heterocycles. The summed E-state index contributed by atoms with van der Waals surface area (Å²) in [5.74, 6) is -2.26. The molecule has 0 unspecified atom stereocenters. The van der Waals surface area contributed by atoms with E-state index in [1.807, 2.05) is 0 Å². The van der Waals surface area contributed by atoms with Gasteiger partial charge in [-0.05, 0) is 18.2 Å². The summed E-state index contributed by atoms with van der Waals surface area (Å²) in [5.41, 5.74) is -0.0608. The summed E-state index contributed by atoms with van der Waals surface area (Å²) in [4.78, 5) is 36.2. The van der Waals surface area contributed by atoms with Gasteiger partial charge in [-0.3, -0.25) is 9.59 Å². The minimum atomic E-state index is -1.27. The van der Waals surface area contributed by atoms with Crippen molar-refractivity contribution >= 4 is 40.7 Å². The third-order valence-corrected chi connectivity index (χ3v) is 4.04. The highest BCUT2D eigenvalue weighted by molar-refractivity contribution is 6.43. The van der Waals surface area contributed by atoms with Gasteiger partial charge in [0.05, 0.1) is 15.6 Å². The van der Waals surface area contributed by atoms with E-state index in [9.17, 15) is 19.5 Å². The molecule has 0 radical (unpaired) electrons. The van der Waals surface area contributed by atoms with Crippen LogP contribution >= 0.6 is 23.2 Å². The third-order valence-electron chi connectivity index (χ3n) is 3.32. The van der Waals surface area contributed by atoms with Crippen molar-refractivity contribution in [3.05, 3.63) is 68.2 Å². The number of aromatic carboxylic acids is 1. The molecule has 104 valence electrons. The minimum absolute atomic E-state index is 0.0609. The van der Waals surface area contributed by atoms with Gasteiger partial charge in [0.1, 0.15) is 0 Å². The van der Waals surface area contributed by atoms with Crippen LogP contribution in [-0.2, 0) is 0 Å². The van der Waals surface area contributed by atoms with Gasteiger partial charge in [-0.25, -0.2) is 4.79 Å². The second-order valence-corrected chi connectivity index (χ2v) is 5.32. The Kier molecular flexibility index (Phi) is 3.08. The Morgan fingerprint density at radius 3 is 2.05 bits per heavy atom. The molecule has 0 bridgehead atoms. The van der Waals surface area contributed by atoms with Gasteiger partial charge >= 0.3 is 5.97 Å². The normalized spacial score (nSPS) is 12.9. The number of hydrogen-bond acceptors (Lipinski definition) is 3. The van der Waals surface area contributed by atoms with E-state index in [1.54, 1.807) is 0 Å². The Hall–Kier alpha value is -2.17. The Morgan fingerprint density at radius 2 is 1.48 bits per heavy atom. The number of hydrogen-bond donors (Lipinski definition) is 1. The fraction of sp³-hybridized carbons (Fsp3) is 0. The average molecular weight is 321 g/mol. The molecule has 1 N–H and O–H groups in total. The Bertz CT molecular complexity index is 840. The second kappa shape index (κ2) is 4.69. The van der Waals surface area contributed by atoms with E-state index in [0.29, 0.717) is 0 Å². The molecule has 0 saturated heterocycles. The molecule has 0 atom stereocenters. The topological polar surface area (TPSA) is 71.4 Å². The maximum atomic E-state index is 12.5. The molecule has 4 nitrogen and oxygen atoms in total. The summed E-state index contributed by atoms with van der Waals surface area (Å²) in [7, 11) is 0. The molecule has 0 saturated carbocycles. The summed E-state index contributed by atoms with van der Waals surface area (Å²) in [6, 6.07) is 6.76. The molecule has 2 aromatic carbocycles. The lowest BCUT2D eigenvalue weighted by molar-refractivity contribution is 0.0692. The van der Waals surface area contributed by atoms with E-state index in [1.165, 1.54) is 30.3 Å². The highest BCUT2D eigenvalue weighted by Crippen LogP contribution is 2.34. The van der Waals surface area contributed by atoms with E-state index in [4.69, 9.17) is 23.2 Å². The predicted octanol–water partition coefficient (Wildman–Crippen LogP) is 3.47. The summed E-state index contributed by atoms with van der Waals surface area (Å²) in [6.45, 7) is 0. The van der Waals surface area contributed by atoms with Crippen molar-refractivity contribution in [2.75, 3.05) is 0 Å². The van der Waals surface area contributed by atoms with E-state index in [-0.39, 0.29) is 37.9 Å². The molecule has 1 aliphatic carbocycles. The van der Waals surface area contributed by atoms with E-state index in [2.05, 4.69) is 0 Å². The summed E-state index contributed by atoms with van der Waals surface area (Å²) >= 11 is 11.8. The highest BCUT2D eigenvalue weighted by Gasteiger charge is 2.33. The van der Waals surface area contributed by atoms with Crippen molar-refractivity contribution < 1.29 is 19.5 Å². The lowest BCUT2D eigenvalue weighted by atomic mass is 9.82. The quantitative estimate of drug-likeness (QED) is 0.745. The fourth-order valence-corrected chi connectivity index (χ4v) is 2.69. The lowest BCUT2D eigenvalue weighted by Crippen LogP contribution is -2.24. The largest absolute Gasteiger partial charge is 0.478 e. The zero-order chi connectivity index (χ0) is 15.3. The van der Waals surface area contributed by atoms with Crippen LogP contribution in [0.2, 0.25) is 10.0 Å². The number of halogens is 2. The molecule has 21 heavy (non-hydrogen) atoms. The average Bonchev–Trinajstić information content (AvgIpc) is 2.46. The van der Waals surface area contributed by atoms with Crippen LogP contribution in [0.3, 0.4) is 0 Å². The van der Waals surface area contributed by atoms with Crippen molar-refractivity contribution in [3.8, 4) is 0 Å². The molecular weight excluding hydrogens is 315 g/mol. The minimum Gasteiger partial charge on any atom is -0.478 e. The summed E-state index contributed by atoms with van der Waals surface area (Å²) < 4.78 is 0. The van der Waals surface area contributed by atoms with Crippen LogP contribution in [0.5, 0.6) is 0 Å². The van der Waals surface area contributed by atoms with Gasteiger partial charge < -0.3 is 5.11 Å². The van der Waals surface area contributed by atoms with Gasteiger partial charge in [0.15, 0.2) is 11.6 Å². The van der Waals surface area contributed by atoms with E-state index >= 15 is 0 Å². The number of carbonyl (C=O) groups is 3. The van der Waals surface area contributed by atoms with Crippen molar-refractivity contribution in [1.82, 2.24) is 0 Å². The molecule has 1 aliphatic rings. The van der Waals surface area contributed by atoms with E-state index in [0.717, 1.165) is 0 Å². The first-order valence-corrected chi connectivity index (χ1v) is 6.62. The molecule has 2 aromatic rings. The number of rotatable bonds is 1. The molecule has 3 rings (SSSR count). The first-order valence-electron chi connectivity index (χ1n) is 5.86. The molecule has 6 heteroatoms. The molecule has 0 fully saturated rings. The van der Waals surface area contributed by atoms with Gasteiger partial charge in [-0.2, -0.15) is 0 Å². The van der Waals surface area contributed by atoms with Crippen molar-refractivity contribution in [2.24, 2.45) is 0 Å². The molecule has 0 aliphatic heterocycles. The van der Waals surface area contributed by atoms with Crippen molar-refractivity contribution in [3.63, 3.8) is 0 Å². The first kappa shape index (κ1) is 13.8. The third kappa shape index (κ3) is 1.95. The standard InChI is InChI=1S/C15H6Cl2O4/c16-10-4-8-9(5-11(10)17)14(19)12-6(13(8)18)2-1-3-7(12)15(20)21/h1-5H,(H,20,21). The number of carboxylic acid groups (broad SMARTS) is 1. The van der Waals surface area contributed by atoms with Crippen LogP contribution in [0.1, 0.15) is 42.2 Å². The van der Waals surface area contributed by atoms with Crippen molar-refractivity contribution in [1.29, 1.82) is 0 Å². The molecular formula is C15H6Cl2O4. The summed E-state index contributed by atoms with van der Waals surface area (Å²) in [5, 5.41) is 9.47. The maximum Gasteiger partial charge on any atom is 0.336 e. The van der Waals surface area contributed by atoms with Gasteiger partial charge in [0.2, 0.25) is 0 Å². The SMILES string of the molecule is O=C(O)c1cccc2c1C(=O)c1cc(Cl)c(Cl)cc1C2=O. The second-order valence-electron chi connectivity index (χ2n) is 4.50. The predicted molar refractivity (Wildman–Crippen MR) is 76.7 cm³/mol. The Morgan fingerprint density at radius 1 is 0.905 bits per heavy atom. The van der Waals surface area contributed by atoms with Crippen LogP contribution in [0.15, 0.2) is 30.3 Å². The fourth-order valence-electron chi connectivity index (χ4n) is 2.37. The van der Waals surface area contributed by atoms with Crippen LogP contribution in [0, 0.1) is 0 Å². The van der Waals surface area contributed by atoms with Crippen molar-refractivity contribution in [2.45, 2.75) is 0 Å². The maximum absolute atomic E-state index is 12.5. The van der Waals surface area contributed by atoms with Crippen LogP contribution in [0.25, 0.3) is 0 Å². The van der Waals surface area contributed by atoms with Crippen LogP contribution in [-0.4, -0.2) is 22.6 Å². The zero-order valence-corrected chi connectivity index (χ0v) is 11.8. The molecule has 0 spiro atoms. The van der Waals surface area contributed by atoms with Gasteiger partial charge in [-0.15, -0.1) is 0 Å². The van der Waals surface area contributed by atoms with Gasteiger partial charge in [0, 0.05) is 22.3 Å². The Balaban J connectivity index is 2.36. The van der Waals surface area contributed by atoms with E-state index < -0.39 is 17.5 Å². The van der Waals surface area contributed by atoms with Crippen LogP contribution < -0.4 is 0 Å². The summed E-state index contributed by atoms with van der Waals surface area (Å²) in [6.07, 6.45) is 0. The lowest BCUT2D eigenvalue weighted by Gasteiger charge is -2.19. The molecule has 0 heterocycles. The van der Waals surface area contributed by atoms with Gasteiger partial charge in [0.25, 0.3) is 0 Å². The molecule has 0 amide bonds. The zero-order valence-electron chi connectivity index (χ0n) is 10.3. The first-order chi connectivity index (χ1) is 9.91. The number of carbonyl (C=O) groups excluding carboxylic acids is 2. The monoisotopic (exact) mass is 320 g/mol. The number of benzene rings is 2. The van der Waals surface area contributed by atoms with Crippen LogP contribution in [0.4, 0.5) is 0 Å². The number of carboxylic acids is 1. The highest BCUT2D eigenvalue weighted by atomic mass is 35.5. The Labute approximate surface area is 128 Å². The van der Waals surface area contributed by atoms with Gasteiger partial charge in [-0.1, -0.05) is 35.3 Å². The smallest absolute Gasteiger partial charge is 0.336 e. The number of fused-ring (bicyclic) bond motifs is 2. The number of ketones is 2.